The van der Waals surface area contributed by atoms with Gasteiger partial charge in [-0.3, -0.25) is 4.79 Å². The number of ketones is 1. The molecule has 0 saturated heterocycles. The van der Waals surface area contributed by atoms with E-state index in [0.29, 0.717) is 12.2 Å². The summed E-state index contributed by atoms with van der Waals surface area (Å²) in [5, 5.41) is 0. The Labute approximate surface area is 106 Å². The maximum Gasteiger partial charge on any atom is 0.136 e. The number of halogens is 1. The van der Waals surface area contributed by atoms with E-state index in [4.69, 9.17) is 0 Å². The van der Waals surface area contributed by atoms with Crippen LogP contribution in [0, 0.1) is 5.92 Å². The monoisotopic (exact) mass is 280 g/mol. The van der Waals surface area contributed by atoms with Crippen LogP contribution in [0.2, 0.25) is 0 Å². The lowest BCUT2D eigenvalue weighted by atomic mass is 9.95. The molecule has 0 aliphatic carbocycles. The van der Waals surface area contributed by atoms with Gasteiger partial charge in [0.2, 0.25) is 0 Å². The predicted molar refractivity (Wildman–Crippen MR) is 71.4 cm³/mol. The van der Waals surface area contributed by atoms with Crippen LogP contribution in [0.15, 0.2) is 41.4 Å². The first-order chi connectivity index (χ1) is 7.63. The van der Waals surface area contributed by atoms with Crippen molar-refractivity contribution in [3.8, 4) is 0 Å². The molecule has 0 unspecified atom stereocenters. The number of hydrogen-bond acceptors (Lipinski definition) is 1. The van der Waals surface area contributed by atoms with E-state index < -0.39 is 0 Å². The minimum atomic E-state index is 0.0983. The molecular formula is C14H17BrO. The molecule has 1 aromatic carbocycles. The van der Waals surface area contributed by atoms with Crippen molar-refractivity contribution in [3.63, 3.8) is 0 Å². The zero-order valence-electron chi connectivity index (χ0n) is 9.58. The average Bonchev–Trinajstić information content (AvgIpc) is 2.29. The molecule has 0 N–H and O–H groups in total. The topological polar surface area (TPSA) is 17.1 Å². The Morgan fingerprint density at radius 3 is 2.62 bits per heavy atom. The predicted octanol–water partition coefficient (Wildman–Crippen LogP) is 4.16. The Kier molecular flexibility index (Phi) is 5.47. The zero-order chi connectivity index (χ0) is 12.0. The molecule has 0 aliphatic heterocycles. The van der Waals surface area contributed by atoms with Gasteiger partial charge in [0.25, 0.3) is 0 Å². The number of benzene rings is 1. The molecule has 1 rings (SSSR count). The van der Waals surface area contributed by atoms with Gasteiger partial charge in [-0.2, -0.15) is 0 Å². The first-order valence-corrected chi connectivity index (χ1v) is 6.31. The Bertz CT molecular complexity index is 354. The summed E-state index contributed by atoms with van der Waals surface area (Å²) in [5.41, 5.74) is 1.21. The van der Waals surface area contributed by atoms with E-state index in [9.17, 15) is 4.79 Å². The molecule has 0 aromatic heterocycles. The summed E-state index contributed by atoms with van der Waals surface area (Å²) in [6, 6.07) is 8.13. The summed E-state index contributed by atoms with van der Waals surface area (Å²) in [4.78, 5) is 11.7. The van der Waals surface area contributed by atoms with Crippen molar-refractivity contribution in [2.45, 2.75) is 26.2 Å². The highest BCUT2D eigenvalue weighted by Gasteiger charge is 2.12. The van der Waals surface area contributed by atoms with E-state index in [1.165, 1.54) is 5.56 Å². The second-order valence-corrected chi connectivity index (χ2v) is 4.94. The van der Waals surface area contributed by atoms with Crippen molar-refractivity contribution in [2.24, 2.45) is 5.92 Å². The number of hydrogen-bond donors (Lipinski definition) is 0. The van der Waals surface area contributed by atoms with Crippen molar-refractivity contribution in [3.05, 3.63) is 47.0 Å². The maximum absolute atomic E-state index is 11.7. The lowest BCUT2D eigenvalue weighted by molar-refractivity contribution is -0.122. The van der Waals surface area contributed by atoms with Gasteiger partial charge in [-0.05, 0) is 30.5 Å². The lowest BCUT2D eigenvalue weighted by Crippen LogP contribution is -2.13. The van der Waals surface area contributed by atoms with Crippen LogP contribution in [0.1, 0.15) is 25.3 Å². The molecule has 0 fully saturated rings. The van der Waals surface area contributed by atoms with Crippen LogP contribution in [-0.4, -0.2) is 5.78 Å². The van der Waals surface area contributed by atoms with Crippen LogP contribution in [-0.2, 0) is 11.2 Å². The maximum atomic E-state index is 11.7. The average molecular weight is 281 g/mol. The third-order valence-corrected chi connectivity index (χ3v) is 3.13. The van der Waals surface area contributed by atoms with Gasteiger partial charge in [-0.25, -0.2) is 0 Å². The molecule has 86 valence electrons. The van der Waals surface area contributed by atoms with E-state index in [2.05, 4.69) is 34.6 Å². The second-order valence-electron chi connectivity index (χ2n) is 4.03. The molecule has 1 aromatic rings. The minimum Gasteiger partial charge on any atom is -0.299 e. The van der Waals surface area contributed by atoms with E-state index in [-0.39, 0.29) is 5.92 Å². The summed E-state index contributed by atoms with van der Waals surface area (Å²) >= 11 is 3.40. The fraction of sp³-hybridized carbons (Fsp3) is 0.357. The normalized spacial score (nSPS) is 12.1. The van der Waals surface area contributed by atoms with E-state index in [1.807, 2.05) is 19.1 Å². The van der Waals surface area contributed by atoms with Gasteiger partial charge < -0.3 is 0 Å². The van der Waals surface area contributed by atoms with Gasteiger partial charge >= 0.3 is 0 Å². The van der Waals surface area contributed by atoms with Crippen LogP contribution < -0.4 is 0 Å². The Morgan fingerprint density at radius 1 is 1.44 bits per heavy atom. The first kappa shape index (κ1) is 13.2. The second kappa shape index (κ2) is 6.64. The summed E-state index contributed by atoms with van der Waals surface area (Å²) in [7, 11) is 0. The molecule has 0 heterocycles. The fourth-order valence-corrected chi connectivity index (χ4v) is 1.84. The smallest absolute Gasteiger partial charge is 0.136 e. The van der Waals surface area contributed by atoms with E-state index in [0.717, 1.165) is 17.3 Å². The molecular weight excluding hydrogens is 264 g/mol. The molecule has 0 aliphatic rings. The molecule has 1 nitrogen and oxygen atoms in total. The summed E-state index contributed by atoms with van der Waals surface area (Å²) in [5.74, 6) is 0.420. The number of rotatable bonds is 6. The van der Waals surface area contributed by atoms with Crippen molar-refractivity contribution >= 4 is 21.7 Å². The molecule has 2 heteroatoms. The molecule has 0 spiro atoms. The van der Waals surface area contributed by atoms with Gasteiger partial charge in [-0.1, -0.05) is 41.1 Å². The van der Waals surface area contributed by atoms with Gasteiger partial charge in [-0.15, -0.1) is 6.58 Å². The lowest BCUT2D eigenvalue weighted by Gasteiger charge is -2.09. The highest BCUT2D eigenvalue weighted by Crippen LogP contribution is 2.15. The van der Waals surface area contributed by atoms with Gasteiger partial charge in [0, 0.05) is 16.8 Å². The third kappa shape index (κ3) is 4.31. The molecule has 0 bridgehead atoms. The molecule has 0 radical (unpaired) electrons. The van der Waals surface area contributed by atoms with Gasteiger partial charge in [0.05, 0.1) is 0 Å². The summed E-state index contributed by atoms with van der Waals surface area (Å²) in [6.45, 7) is 5.62. The van der Waals surface area contributed by atoms with Gasteiger partial charge in [0.1, 0.15) is 5.78 Å². The van der Waals surface area contributed by atoms with Crippen molar-refractivity contribution < 1.29 is 4.79 Å². The van der Waals surface area contributed by atoms with Crippen LogP contribution >= 0.6 is 15.9 Å². The quantitative estimate of drug-likeness (QED) is 0.715. The van der Waals surface area contributed by atoms with Crippen molar-refractivity contribution in [1.29, 1.82) is 0 Å². The third-order valence-electron chi connectivity index (χ3n) is 2.60. The summed E-state index contributed by atoms with van der Waals surface area (Å²) < 4.78 is 1.07. The van der Waals surface area contributed by atoms with Crippen molar-refractivity contribution in [2.75, 3.05) is 0 Å². The number of allylic oxidation sites excluding steroid dienone is 1. The Balaban J connectivity index is 2.50. The van der Waals surface area contributed by atoms with E-state index in [1.54, 1.807) is 6.08 Å². The highest BCUT2D eigenvalue weighted by atomic mass is 79.9. The summed E-state index contributed by atoms with van der Waals surface area (Å²) in [6.07, 6.45) is 4.01. The number of carbonyl (C=O) groups excluding carboxylic acids is 1. The number of Topliss-reactive ketones (excluding diaryl/α,β-unsaturated/α-hetero) is 1. The fourth-order valence-electron chi connectivity index (χ4n) is 1.58. The highest BCUT2D eigenvalue weighted by molar-refractivity contribution is 9.10. The standard InChI is InChI=1S/C14H17BrO/c1-3-4-5-14(16)11(2)10-12-6-8-13(15)9-7-12/h3,6-9,11H,1,4-5,10H2,2H3/t11-/m0/s1. The van der Waals surface area contributed by atoms with Gasteiger partial charge in [0.15, 0.2) is 0 Å². The molecule has 0 saturated carbocycles. The molecule has 1 atom stereocenters. The molecule has 0 amide bonds. The Morgan fingerprint density at radius 2 is 2.06 bits per heavy atom. The van der Waals surface area contributed by atoms with Crippen LogP contribution in [0.5, 0.6) is 0 Å². The van der Waals surface area contributed by atoms with Crippen LogP contribution in [0.3, 0.4) is 0 Å². The van der Waals surface area contributed by atoms with Crippen LogP contribution in [0.25, 0.3) is 0 Å². The first-order valence-electron chi connectivity index (χ1n) is 5.51. The largest absolute Gasteiger partial charge is 0.299 e. The Hall–Kier alpha value is -0.890. The van der Waals surface area contributed by atoms with Crippen molar-refractivity contribution in [1.82, 2.24) is 0 Å². The zero-order valence-corrected chi connectivity index (χ0v) is 11.2. The minimum absolute atomic E-state index is 0.0983. The number of carbonyl (C=O) groups is 1. The van der Waals surface area contributed by atoms with E-state index >= 15 is 0 Å². The SMILES string of the molecule is C=CCCC(=O)[C@@H](C)Cc1ccc(Br)cc1. The van der Waals surface area contributed by atoms with Crippen LogP contribution in [0.4, 0.5) is 0 Å². The molecule has 16 heavy (non-hydrogen) atoms.